The molecule has 0 N–H and O–H groups in total. The average molecular weight is 390 g/mol. The number of hydrogen-bond acceptors (Lipinski definition) is 5. The predicted molar refractivity (Wildman–Crippen MR) is 106 cm³/mol. The highest BCUT2D eigenvalue weighted by atomic mass is 32.2. The fourth-order valence-corrected chi connectivity index (χ4v) is 7.65. The van der Waals surface area contributed by atoms with E-state index < -0.39 is 0 Å². The van der Waals surface area contributed by atoms with Gasteiger partial charge in [-0.2, -0.15) is 0 Å². The molecule has 1 amide bonds. The minimum absolute atomic E-state index is 0.163. The Morgan fingerprint density at radius 3 is 2.73 bits per heavy atom. The molecule has 2 saturated heterocycles. The molecule has 138 valence electrons. The van der Waals surface area contributed by atoms with Crippen molar-refractivity contribution in [1.82, 2.24) is 4.90 Å². The lowest BCUT2D eigenvalue weighted by atomic mass is 9.93. The maximum atomic E-state index is 13.3. The number of hydrogen-bond donors (Lipinski definition) is 0. The second-order valence-electron chi connectivity index (χ2n) is 7.07. The van der Waals surface area contributed by atoms with Gasteiger partial charge in [-0.1, -0.05) is 36.4 Å². The number of amides is 1. The zero-order valence-corrected chi connectivity index (χ0v) is 16.3. The minimum atomic E-state index is -0.385. The molecular weight excluding hydrogens is 366 g/mol. The maximum absolute atomic E-state index is 13.3. The van der Waals surface area contributed by atoms with Crippen LogP contribution in [-0.2, 0) is 16.1 Å². The van der Waals surface area contributed by atoms with Crippen molar-refractivity contribution < 1.29 is 14.3 Å². The van der Waals surface area contributed by atoms with E-state index in [9.17, 15) is 9.59 Å². The van der Waals surface area contributed by atoms with Gasteiger partial charge in [0.05, 0.1) is 6.04 Å². The molecule has 4 nitrogen and oxygen atoms in total. The van der Waals surface area contributed by atoms with Crippen LogP contribution in [0.15, 0.2) is 43.0 Å². The van der Waals surface area contributed by atoms with Gasteiger partial charge < -0.3 is 4.74 Å². The second-order valence-corrected chi connectivity index (χ2v) is 10.1. The van der Waals surface area contributed by atoms with E-state index in [0.29, 0.717) is 6.54 Å². The molecule has 4 rings (SSSR count). The second kappa shape index (κ2) is 7.31. The highest BCUT2D eigenvalue weighted by molar-refractivity contribution is 8.20. The third-order valence-corrected chi connectivity index (χ3v) is 8.91. The summed E-state index contributed by atoms with van der Waals surface area (Å²) in [7, 11) is 0. The van der Waals surface area contributed by atoms with Gasteiger partial charge >= 0.3 is 6.09 Å². The lowest BCUT2D eigenvalue weighted by Crippen LogP contribution is -2.45. The lowest BCUT2D eigenvalue weighted by Gasteiger charge is -2.32. The lowest BCUT2D eigenvalue weighted by molar-refractivity contribution is -0.121. The van der Waals surface area contributed by atoms with Crippen molar-refractivity contribution in [3.8, 4) is 0 Å². The number of fused-ring (bicyclic) bond motifs is 1. The van der Waals surface area contributed by atoms with Gasteiger partial charge in [0.2, 0.25) is 0 Å². The molecule has 1 aliphatic carbocycles. The molecule has 0 aromatic heterocycles. The van der Waals surface area contributed by atoms with E-state index in [2.05, 4.69) is 6.58 Å². The predicted octanol–water partition coefficient (Wildman–Crippen LogP) is 3.97. The number of ketones is 1. The maximum Gasteiger partial charge on any atom is 0.410 e. The molecule has 3 fully saturated rings. The van der Waals surface area contributed by atoms with Crippen molar-refractivity contribution in [2.45, 2.75) is 29.6 Å². The van der Waals surface area contributed by atoms with E-state index in [4.69, 9.17) is 4.74 Å². The molecule has 0 unspecified atom stereocenters. The van der Waals surface area contributed by atoms with Crippen LogP contribution in [0.4, 0.5) is 4.79 Å². The van der Waals surface area contributed by atoms with Gasteiger partial charge in [0.15, 0.2) is 5.78 Å². The quantitative estimate of drug-likeness (QED) is 0.732. The number of carbonyl (C=O) groups is 2. The summed E-state index contributed by atoms with van der Waals surface area (Å²) in [6.45, 7) is 4.71. The summed E-state index contributed by atoms with van der Waals surface area (Å²) in [4.78, 5) is 27.7. The molecule has 3 atom stereocenters. The first-order valence-corrected chi connectivity index (χ1v) is 11.0. The summed E-state index contributed by atoms with van der Waals surface area (Å²) >= 11 is 3.55. The number of nitrogens with zero attached hydrogens (tertiary/aromatic N) is 1. The Hall–Kier alpha value is -1.40. The van der Waals surface area contributed by atoms with Gasteiger partial charge in [-0.15, -0.1) is 30.1 Å². The van der Waals surface area contributed by atoms with Crippen LogP contribution in [0.2, 0.25) is 0 Å². The van der Waals surface area contributed by atoms with Crippen LogP contribution in [0.25, 0.3) is 0 Å². The SMILES string of the molecule is C=C[C@H]1CN(C(=O)OCc2ccccc2)[C@H]2C(=O)C3(C[C@@H]12)SCCCS3. The van der Waals surface area contributed by atoms with Crippen LogP contribution in [0.3, 0.4) is 0 Å². The smallest absolute Gasteiger partial charge is 0.410 e. The van der Waals surface area contributed by atoms with E-state index in [0.717, 1.165) is 29.9 Å². The molecule has 1 saturated carbocycles. The Morgan fingerprint density at radius 1 is 1.31 bits per heavy atom. The topological polar surface area (TPSA) is 46.6 Å². The number of thioether (sulfide) groups is 2. The highest BCUT2D eigenvalue weighted by Gasteiger charge is 2.61. The first-order valence-electron chi connectivity index (χ1n) is 9.07. The van der Waals surface area contributed by atoms with E-state index in [1.165, 1.54) is 0 Å². The molecule has 3 aliphatic rings. The molecule has 1 spiro atoms. The Morgan fingerprint density at radius 2 is 2.04 bits per heavy atom. The van der Waals surface area contributed by atoms with Crippen molar-refractivity contribution >= 4 is 35.4 Å². The molecule has 26 heavy (non-hydrogen) atoms. The van der Waals surface area contributed by atoms with Gasteiger partial charge in [-0.05, 0) is 41.7 Å². The van der Waals surface area contributed by atoms with Crippen LogP contribution < -0.4 is 0 Å². The zero-order chi connectivity index (χ0) is 18.1. The van der Waals surface area contributed by atoms with Crippen LogP contribution in [0.1, 0.15) is 18.4 Å². The molecular formula is C20H23NO3S2. The first kappa shape index (κ1) is 18.0. The highest BCUT2D eigenvalue weighted by Crippen LogP contribution is 2.57. The fraction of sp³-hybridized carbons (Fsp3) is 0.500. The number of likely N-dealkylation sites (tertiary alicyclic amines) is 1. The third-order valence-electron chi connectivity index (χ3n) is 5.55. The van der Waals surface area contributed by atoms with E-state index in [-0.39, 0.29) is 40.4 Å². The largest absolute Gasteiger partial charge is 0.445 e. The van der Waals surface area contributed by atoms with Crippen molar-refractivity contribution in [3.63, 3.8) is 0 Å². The van der Waals surface area contributed by atoms with Gasteiger partial charge in [0.1, 0.15) is 10.7 Å². The van der Waals surface area contributed by atoms with Crippen molar-refractivity contribution in [2.24, 2.45) is 11.8 Å². The number of benzene rings is 1. The third kappa shape index (κ3) is 3.07. The minimum Gasteiger partial charge on any atom is -0.445 e. The molecule has 2 aliphatic heterocycles. The summed E-state index contributed by atoms with van der Waals surface area (Å²) in [5, 5.41) is 0. The van der Waals surface area contributed by atoms with E-state index >= 15 is 0 Å². The van der Waals surface area contributed by atoms with E-state index in [1.807, 2.05) is 36.4 Å². The molecule has 6 heteroatoms. The molecule has 0 bridgehead atoms. The monoisotopic (exact) mass is 389 g/mol. The number of rotatable bonds is 3. The summed E-state index contributed by atoms with van der Waals surface area (Å²) in [5.41, 5.74) is 0.949. The number of Topliss-reactive ketones (excluding diaryl/α,β-unsaturated/α-hetero) is 1. The van der Waals surface area contributed by atoms with Crippen molar-refractivity contribution in [2.75, 3.05) is 18.1 Å². The Labute approximate surface area is 162 Å². The van der Waals surface area contributed by atoms with E-state index in [1.54, 1.807) is 28.4 Å². The van der Waals surface area contributed by atoms with Crippen LogP contribution in [0, 0.1) is 11.8 Å². The van der Waals surface area contributed by atoms with Crippen molar-refractivity contribution in [3.05, 3.63) is 48.6 Å². The Kier molecular flexibility index (Phi) is 5.06. The molecule has 1 aromatic rings. The van der Waals surface area contributed by atoms with Crippen LogP contribution in [0.5, 0.6) is 0 Å². The van der Waals surface area contributed by atoms with Crippen molar-refractivity contribution in [1.29, 1.82) is 0 Å². The summed E-state index contributed by atoms with van der Waals surface area (Å²) in [5.74, 6) is 2.58. The summed E-state index contributed by atoms with van der Waals surface area (Å²) in [6, 6.07) is 9.27. The van der Waals surface area contributed by atoms with Crippen LogP contribution >= 0.6 is 23.5 Å². The number of ether oxygens (including phenoxy) is 1. The molecule has 0 radical (unpaired) electrons. The van der Waals surface area contributed by atoms with Crippen LogP contribution in [-0.4, -0.2) is 44.9 Å². The van der Waals surface area contributed by atoms with Gasteiger partial charge in [0, 0.05) is 6.54 Å². The van der Waals surface area contributed by atoms with Gasteiger partial charge in [-0.25, -0.2) is 4.79 Å². The summed E-state index contributed by atoms with van der Waals surface area (Å²) < 4.78 is 5.16. The normalized spacial score (nSPS) is 29.6. The molecule has 1 aromatic carbocycles. The first-order chi connectivity index (χ1) is 12.6. The summed E-state index contributed by atoms with van der Waals surface area (Å²) in [6.07, 6.45) is 3.51. The standard InChI is InChI=1S/C20H23NO3S2/c1-2-15-12-21(19(23)24-13-14-7-4-3-5-8-14)17-16(15)11-20(18(17)22)25-9-6-10-26-20/h2-5,7-8,15-17H,1,6,9-13H2/t15-,16-,17+/m0/s1. The average Bonchev–Trinajstić information content (AvgIpc) is 3.17. The Bertz CT molecular complexity index is 702. The van der Waals surface area contributed by atoms with Gasteiger partial charge in [-0.3, -0.25) is 9.69 Å². The van der Waals surface area contributed by atoms with Gasteiger partial charge in [0.25, 0.3) is 0 Å². The zero-order valence-electron chi connectivity index (χ0n) is 14.6. The number of carbonyl (C=O) groups excluding carboxylic acids is 2. The molecule has 2 heterocycles. The fourth-order valence-electron chi connectivity index (χ4n) is 4.25. The Balaban J connectivity index is 1.50.